The lowest BCUT2D eigenvalue weighted by molar-refractivity contribution is -0.167. The highest BCUT2D eigenvalue weighted by Crippen LogP contribution is 2.18. The Morgan fingerprint density at radius 2 is 0.468 bits per heavy atom. The van der Waals surface area contributed by atoms with Crippen molar-refractivity contribution in [1.29, 1.82) is 0 Å². The number of esters is 3. The van der Waals surface area contributed by atoms with Crippen LogP contribution in [0.1, 0.15) is 380 Å². The van der Waals surface area contributed by atoms with Gasteiger partial charge in [-0.3, -0.25) is 14.4 Å². The van der Waals surface area contributed by atoms with Crippen LogP contribution in [0.15, 0.2) is 36.5 Å². The molecule has 0 fully saturated rings. The molecule has 0 aromatic heterocycles. The first kappa shape index (κ1) is 74.6. The van der Waals surface area contributed by atoms with E-state index in [4.69, 9.17) is 14.2 Å². The molecule has 0 saturated carbocycles. The summed E-state index contributed by atoms with van der Waals surface area (Å²) < 4.78 is 17.0. The van der Waals surface area contributed by atoms with E-state index in [1.165, 1.54) is 276 Å². The van der Waals surface area contributed by atoms with E-state index >= 15 is 0 Å². The van der Waals surface area contributed by atoms with Crippen molar-refractivity contribution >= 4 is 17.9 Å². The smallest absolute Gasteiger partial charge is 0.306 e. The molecule has 0 unspecified atom stereocenters. The average Bonchev–Trinajstić information content (AvgIpc) is 3.43. The number of rotatable bonds is 64. The molecule has 6 heteroatoms. The highest BCUT2D eigenvalue weighted by Gasteiger charge is 2.19. The Bertz CT molecular complexity index is 1290. The number of carbonyl (C=O) groups excluding carboxylic acids is 3. The van der Waals surface area contributed by atoms with Crippen molar-refractivity contribution in [2.75, 3.05) is 13.2 Å². The first-order chi connectivity index (χ1) is 38.0. The minimum atomic E-state index is -0.773. The standard InChI is InChI=1S/C71H132O6/c1-4-7-10-13-16-19-22-25-28-31-34-35-38-41-44-47-50-53-56-59-62-65-71(74)77-68(66-75-69(72)63-60-57-54-51-48-45-42-39-36-32-29-26-23-20-17-14-11-8-5-2)67-76-70(73)64-61-58-55-52-49-46-43-40-37-33-30-27-24-21-18-15-12-9-6-3/h17,20,26-27,29-30,68H,4-16,18-19,21-25,28,31-67H2,1-3H3/b20-17-,29-26-,30-27-/t68-/m1/s1. The van der Waals surface area contributed by atoms with Crippen molar-refractivity contribution in [3.63, 3.8) is 0 Å². The third-order valence-corrected chi connectivity index (χ3v) is 15.6. The molecule has 6 nitrogen and oxygen atoms in total. The van der Waals surface area contributed by atoms with Crippen LogP contribution in [0.5, 0.6) is 0 Å². The van der Waals surface area contributed by atoms with Crippen LogP contribution in [-0.4, -0.2) is 37.2 Å². The largest absolute Gasteiger partial charge is 0.462 e. The van der Waals surface area contributed by atoms with E-state index in [1.54, 1.807) is 0 Å². The predicted octanol–water partition coefficient (Wildman–Crippen LogP) is 23.6. The maximum atomic E-state index is 13.0. The summed E-state index contributed by atoms with van der Waals surface area (Å²) in [5.74, 6) is -0.847. The summed E-state index contributed by atoms with van der Waals surface area (Å²) in [4.78, 5) is 38.4. The second-order valence-corrected chi connectivity index (χ2v) is 23.4. The van der Waals surface area contributed by atoms with Gasteiger partial charge in [0, 0.05) is 19.3 Å². The van der Waals surface area contributed by atoms with Crippen molar-refractivity contribution in [3.8, 4) is 0 Å². The van der Waals surface area contributed by atoms with E-state index in [2.05, 4.69) is 57.2 Å². The number of carbonyl (C=O) groups is 3. The van der Waals surface area contributed by atoms with Gasteiger partial charge in [-0.05, 0) is 77.0 Å². The van der Waals surface area contributed by atoms with E-state index in [-0.39, 0.29) is 31.1 Å². The Hall–Kier alpha value is -2.37. The van der Waals surface area contributed by atoms with E-state index in [1.807, 2.05) is 0 Å². The third-order valence-electron chi connectivity index (χ3n) is 15.6. The Morgan fingerprint density at radius 1 is 0.260 bits per heavy atom. The van der Waals surface area contributed by atoms with Crippen LogP contribution < -0.4 is 0 Å². The molecule has 0 saturated heterocycles. The van der Waals surface area contributed by atoms with Crippen LogP contribution in [-0.2, 0) is 28.6 Å². The predicted molar refractivity (Wildman–Crippen MR) is 335 cm³/mol. The zero-order valence-electron chi connectivity index (χ0n) is 52.0. The molecule has 0 amide bonds. The molecule has 0 aliphatic rings. The summed E-state index contributed by atoms with van der Waals surface area (Å²) >= 11 is 0. The fraction of sp³-hybridized carbons (Fsp3) is 0.873. The molecule has 0 aromatic carbocycles. The fourth-order valence-electron chi connectivity index (χ4n) is 10.4. The van der Waals surface area contributed by atoms with Crippen molar-refractivity contribution in [2.24, 2.45) is 0 Å². The third kappa shape index (κ3) is 64.3. The van der Waals surface area contributed by atoms with Gasteiger partial charge in [0.1, 0.15) is 13.2 Å². The lowest BCUT2D eigenvalue weighted by Crippen LogP contribution is -2.30. The van der Waals surface area contributed by atoms with Crippen LogP contribution >= 0.6 is 0 Å². The highest BCUT2D eigenvalue weighted by molar-refractivity contribution is 5.71. The number of ether oxygens (including phenoxy) is 3. The van der Waals surface area contributed by atoms with E-state index < -0.39 is 6.10 Å². The molecule has 452 valence electrons. The summed E-state index contributed by atoms with van der Waals surface area (Å²) in [6, 6.07) is 0. The molecular weight excluding hydrogens is 949 g/mol. The van der Waals surface area contributed by atoms with Gasteiger partial charge in [0.05, 0.1) is 0 Å². The molecule has 0 aliphatic heterocycles. The minimum absolute atomic E-state index is 0.0698. The zero-order valence-corrected chi connectivity index (χ0v) is 52.0. The molecule has 0 aliphatic carbocycles. The molecule has 0 bridgehead atoms. The Balaban J connectivity index is 4.32. The molecular formula is C71H132O6. The van der Waals surface area contributed by atoms with Crippen molar-refractivity contribution in [2.45, 2.75) is 386 Å². The summed E-state index contributed by atoms with van der Waals surface area (Å²) in [5, 5.41) is 0. The Morgan fingerprint density at radius 3 is 0.753 bits per heavy atom. The molecule has 0 rings (SSSR count). The summed E-state index contributed by atoms with van der Waals surface area (Å²) in [6.07, 6.45) is 81.6. The van der Waals surface area contributed by atoms with E-state index in [9.17, 15) is 14.4 Å². The van der Waals surface area contributed by atoms with Crippen LogP contribution in [0, 0.1) is 0 Å². The number of unbranched alkanes of at least 4 members (excludes halogenated alkanes) is 47. The van der Waals surface area contributed by atoms with Crippen LogP contribution in [0.2, 0.25) is 0 Å². The normalized spacial score (nSPS) is 12.2. The van der Waals surface area contributed by atoms with Crippen LogP contribution in [0.3, 0.4) is 0 Å². The van der Waals surface area contributed by atoms with Gasteiger partial charge in [-0.1, -0.05) is 320 Å². The number of hydrogen-bond acceptors (Lipinski definition) is 6. The van der Waals surface area contributed by atoms with Crippen molar-refractivity contribution in [1.82, 2.24) is 0 Å². The van der Waals surface area contributed by atoms with Crippen LogP contribution in [0.25, 0.3) is 0 Å². The number of hydrogen-bond donors (Lipinski definition) is 0. The molecule has 0 aromatic rings. The average molecular weight is 1080 g/mol. The molecule has 1 atom stereocenters. The monoisotopic (exact) mass is 1080 g/mol. The Labute approximate surface area is 480 Å². The Kier molecular flexibility index (Phi) is 64.1. The summed E-state index contributed by atoms with van der Waals surface area (Å²) in [7, 11) is 0. The molecule has 0 heterocycles. The SMILES string of the molecule is CCCCC/C=C\C/C=C\CCCCCCCCCCCC(=O)OC[C@H](COC(=O)CCCCCCCCCCC/C=C\CCCCCCCC)OC(=O)CCCCCCCCCCCCCCCCCCCCCCC. The van der Waals surface area contributed by atoms with Crippen molar-refractivity contribution in [3.05, 3.63) is 36.5 Å². The maximum absolute atomic E-state index is 13.0. The summed E-state index contributed by atoms with van der Waals surface area (Å²) in [6.45, 7) is 6.68. The van der Waals surface area contributed by atoms with Gasteiger partial charge in [-0.2, -0.15) is 0 Å². The topological polar surface area (TPSA) is 78.9 Å². The number of allylic oxidation sites excluding steroid dienone is 6. The second-order valence-electron chi connectivity index (χ2n) is 23.4. The molecule has 77 heavy (non-hydrogen) atoms. The maximum Gasteiger partial charge on any atom is 0.306 e. The van der Waals surface area contributed by atoms with Gasteiger partial charge in [0.25, 0.3) is 0 Å². The highest BCUT2D eigenvalue weighted by atomic mass is 16.6. The van der Waals surface area contributed by atoms with E-state index in [0.717, 1.165) is 64.2 Å². The van der Waals surface area contributed by atoms with E-state index in [0.29, 0.717) is 19.3 Å². The summed E-state index contributed by atoms with van der Waals surface area (Å²) in [5.41, 5.74) is 0. The van der Waals surface area contributed by atoms with Crippen molar-refractivity contribution < 1.29 is 28.6 Å². The molecule has 0 N–H and O–H groups in total. The van der Waals surface area contributed by atoms with Gasteiger partial charge in [-0.25, -0.2) is 0 Å². The quantitative estimate of drug-likeness (QED) is 0.0261. The first-order valence-electron chi connectivity index (χ1n) is 34.5. The van der Waals surface area contributed by atoms with Gasteiger partial charge in [-0.15, -0.1) is 0 Å². The zero-order chi connectivity index (χ0) is 55.7. The van der Waals surface area contributed by atoms with Crippen LogP contribution in [0.4, 0.5) is 0 Å². The second kappa shape index (κ2) is 66.1. The lowest BCUT2D eigenvalue weighted by atomic mass is 10.0. The molecule has 0 radical (unpaired) electrons. The van der Waals surface area contributed by atoms with Gasteiger partial charge in [0.2, 0.25) is 0 Å². The van der Waals surface area contributed by atoms with Gasteiger partial charge < -0.3 is 14.2 Å². The fourth-order valence-corrected chi connectivity index (χ4v) is 10.4. The first-order valence-corrected chi connectivity index (χ1v) is 34.5. The lowest BCUT2D eigenvalue weighted by Gasteiger charge is -2.18. The molecule has 0 spiro atoms. The van der Waals surface area contributed by atoms with Gasteiger partial charge >= 0.3 is 17.9 Å². The minimum Gasteiger partial charge on any atom is -0.462 e. The van der Waals surface area contributed by atoms with Gasteiger partial charge in [0.15, 0.2) is 6.10 Å².